The molecular weight excluding hydrogens is 330 g/mol. The van der Waals surface area contributed by atoms with Crippen molar-refractivity contribution in [2.45, 2.75) is 31.4 Å². The van der Waals surface area contributed by atoms with Crippen molar-refractivity contribution in [1.82, 2.24) is 4.31 Å². The minimum Gasteiger partial charge on any atom is -0.492 e. The maximum Gasteiger partial charge on any atom is 0.310 e. The van der Waals surface area contributed by atoms with Crippen molar-refractivity contribution in [2.75, 3.05) is 27.3 Å². The fraction of sp³-hybridized carbons (Fsp3) is 0.588. The highest BCUT2D eigenvalue weighted by Crippen LogP contribution is 2.33. The Bertz CT molecular complexity index is 656. The van der Waals surface area contributed by atoms with E-state index in [1.165, 1.54) is 18.5 Å². The van der Waals surface area contributed by atoms with Crippen molar-refractivity contribution in [2.24, 2.45) is 5.92 Å². The van der Waals surface area contributed by atoms with Gasteiger partial charge in [-0.1, -0.05) is 24.1 Å². The maximum absolute atomic E-state index is 12.7. The molecule has 1 aromatic carbocycles. The Morgan fingerprint density at radius 1 is 1.25 bits per heavy atom. The van der Waals surface area contributed by atoms with Crippen molar-refractivity contribution in [3.05, 3.63) is 29.8 Å². The Morgan fingerprint density at radius 3 is 2.54 bits per heavy atom. The van der Waals surface area contributed by atoms with Crippen LogP contribution in [0.1, 0.15) is 24.8 Å². The average molecular weight is 355 g/mol. The molecule has 0 N–H and O–H groups in total. The van der Waals surface area contributed by atoms with E-state index < -0.39 is 27.2 Å². The fourth-order valence-electron chi connectivity index (χ4n) is 2.99. The number of methoxy groups -OCH3 is 1. The molecule has 0 radical (unpaired) electrons. The number of hydrogen-bond acceptors (Lipinski definition) is 5. The van der Waals surface area contributed by atoms with E-state index in [1.54, 1.807) is 0 Å². The monoisotopic (exact) mass is 355 g/mol. The molecule has 134 valence electrons. The Morgan fingerprint density at radius 2 is 1.92 bits per heavy atom. The third kappa shape index (κ3) is 4.27. The van der Waals surface area contributed by atoms with E-state index in [4.69, 9.17) is 9.47 Å². The summed E-state index contributed by atoms with van der Waals surface area (Å²) in [6.45, 7) is 2.48. The van der Waals surface area contributed by atoms with Gasteiger partial charge in [0.15, 0.2) is 0 Å². The van der Waals surface area contributed by atoms with Crippen LogP contribution in [0.25, 0.3) is 0 Å². The Kier molecular flexibility index (Phi) is 6.23. The zero-order chi connectivity index (χ0) is 17.7. The molecule has 0 spiro atoms. The lowest BCUT2D eigenvalue weighted by atomic mass is 10.1. The van der Waals surface area contributed by atoms with Crippen LogP contribution in [0.3, 0.4) is 0 Å². The lowest BCUT2D eigenvalue weighted by Crippen LogP contribution is -2.42. The predicted octanol–water partition coefficient (Wildman–Crippen LogP) is 1.98. The number of benzene rings is 1. The van der Waals surface area contributed by atoms with Gasteiger partial charge in [-0.3, -0.25) is 4.79 Å². The number of nitrogens with zero attached hydrogens (tertiary/aromatic N) is 1. The van der Waals surface area contributed by atoms with Crippen LogP contribution in [-0.4, -0.2) is 51.3 Å². The third-order valence-corrected chi connectivity index (χ3v) is 6.85. The minimum absolute atomic E-state index is 0.237. The van der Waals surface area contributed by atoms with E-state index >= 15 is 0 Å². The van der Waals surface area contributed by atoms with Crippen LogP contribution in [0.15, 0.2) is 24.3 Å². The van der Waals surface area contributed by atoms with Gasteiger partial charge in [-0.15, -0.1) is 0 Å². The van der Waals surface area contributed by atoms with Gasteiger partial charge in [-0.05, 0) is 31.9 Å². The summed E-state index contributed by atoms with van der Waals surface area (Å²) >= 11 is 0. The van der Waals surface area contributed by atoms with Crippen molar-refractivity contribution in [1.29, 1.82) is 0 Å². The number of likely N-dealkylation sites (N-methyl/N-ethyl adjacent to an activating group) is 1. The molecule has 0 bridgehead atoms. The molecule has 0 heterocycles. The number of esters is 1. The first-order valence-corrected chi connectivity index (χ1v) is 9.59. The lowest BCUT2D eigenvalue weighted by Gasteiger charge is -2.24. The summed E-state index contributed by atoms with van der Waals surface area (Å²) in [6.07, 6.45) is 1.77. The molecule has 1 aliphatic rings. The Hall–Kier alpha value is -1.60. The standard InChI is InChI=1S/C17H25NO5S/c1-13-7-9-14(10-8-13)23-12-11-18(2)24(20,21)16-6-4-5-15(16)17(19)22-3/h7-10,15-16H,4-6,11-12H2,1-3H3/t15-,16+/m0/s1. The van der Waals surface area contributed by atoms with E-state index in [2.05, 4.69) is 0 Å². The summed E-state index contributed by atoms with van der Waals surface area (Å²) in [5.74, 6) is -0.300. The molecule has 0 aromatic heterocycles. The molecule has 2 rings (SSSR count). The van der Waals surface area contributed by atoms with Gasteiger partial charge in [-0.2, -0.15) is 0 Å². The smallest absolute Gasteiger partial charge is 0.310 e. The molecule has 2 atom stereocenters. The van der Waals surface area contributed by atoms with Crippen molar-refractivity contribution in [3.63, 3.8) is 0 Å². The normalized spacial score (nSPS) is 21.0. The number of carbonyl (C=O) groups is 1. The van der Waals surface area contributed by atoms with Gasteiger partial charge in [0.1, 0.15) is 12.4 Å². The molecule has 0 amide bonds. The zero-order valence-electron chi connectivity index (χ0n) is 14.4. The molecule has 1 saturated carbocycles. The maximum atomic E-state index is 12.7. The van der Waals surface area contributed by atoms with E-state index in [9.17, 15) is 13.2 Å². The van der Waals surface area contributed by atoms with E-state index in [0.717, 1.165) is 12.0 Å². The molecule has 0 saturated heterocycles. The van der Waals surface area contributed by atoms with E-state index in [1.807, 2.05) is 31.2 Å². The summed E-state index contributed by atoms with van der Waals surface area (Å²) in [7, 11) is -0.728. The number of rotatable bonds is 7. The molecule has 0 unspecified atom stereocenters. The van der Waals surface area contributed by atoms with Gasteiger partial charge >= 0.3 is 5.97 Å². The quantitative estimate of drug-likeness (QED) is 0.699. The topological polar surface area (TPSA) is 72.9 Å². The second-order valence-electron chi connectivity index (χ2n) is 6.13. The first kappa shape index (κ1) is 18.7. The Balaban J connectivity index is 1.93. The van der Waals surface area contributed by atoms with E-state index in [-0.39, 0.29) is 13.2 Å². The van der Waals surface area contributed by atoms with Crippen LogP contribution in [-0.2, 0) is 19.6 Å². The molecule has 1 aromatic rings. The molecule has 7 heteroatoms. The van der Waals surface area contributed by atoms with Gasteiger partial charge < -0.3 is 9.47 Å². The first-order chi connectivity index (χ1) is 11.4. The van der Waals surface area contributed by atoms with Crippen LogP contribution in [0.2, 0.25) is 0 Å². The van der Waals surface area contributed by atoms with E-state index in [0.29, 0.717) is 18.6 Å². The molecule has 0 aliphatic heterocycles. The average Bonchev–Trinajstić information content (AvgIpc) is 3.06. The van der Waals surface area contributed by atoms with Crippen LogP contribution < -0.4 is 4.74 Å². The Labute approximate surface area is 143 Å². The summed E-state index contributed by atoms with van der Waals surface area (Å²) in [4.78, 5) is 11.8. The van der Waals surface area contributed by atoms with Crippen LogP contribution in [0.4, 0.5) is 0 Å². The number of hydrogen-bond donors (Lipinski definition) is 0. The SMILES string of the molecule is COC(=O)[C@H]1CCC[C@H]1S(=O)(=O)N(C)CCOc1ccc(C)cc1. The first-order valence-electron chi connectivity index (χ1n) is 8.08. The summed E-state index contributed by atoms with van der Waals surface area (Å²) in [5.41, 5.74) is 1.14. The molecule has 1 fully saturated rings. The lowest BCUT2D eigenvalue weighted by molar-refractivity contribution is -0.145. The van der Waals surface area contributed by atoms with Crippen molar-refractivity contribution in [3.8, 4) is 5.75 Å². The zero-order valence-corrected chi connectivity index (χ0v) is 15.2. The highest BCUT2D eigenvalue weighted by atomic mass is 32.2. The second kappa shape index (κ2) is 7.98. The van der Waals surface area contributed by atoms with Gasteiger partial charge in [0, 0.05) is 13.6 Å². The van der Waals surface area contributed by atoms with Gasteiger partial charge in [-0.25, -0.2) is 12.7 Å². The molecule has 24 heavy (non-hydrogen) atoms. The molecule has 6 nitrogen and oxygen atoms in total. The van der Waals surface area contributed by atoms with Gasteiger partial charge in [0.2, 0.25) is 10.0 Å². The fourth-order valence-corrected chi connectivity index (χ4v) is 4.91. The molecule has 1 aliphatic carbocycles. The summed E-state index contributed by atoms with van der Waals surface area (Å²) < 4.78 is 37.0. The summed E-state index contributed by atoms with van der Waals surface area (Å²) in [6, 6.07) is 7.59. The summed E-state index contributed by atoms with van der Waals surface area (Å²) in [5, 5.41) is -0.700. The predicted molar refractivity (Wildman–Crippen MR) is 91.4 cm³/mol. The largest absolute Gasteiger partial charge is 0.492 e. The van der Waals surface area contributed by atoms with Gasteiger partial charge in [0.05, 0.1) is 18.3 Å². The number of sulfonamides is 1. The number of carbonyl (C=O) groups excluding carboxylic acids is 1. The number of ether oxygens (including phenoxy) is 2. The highest BCUT2D eigenvalue weighted by Gasteiger charge is 2.43. The van der Waals surface area contributed by atoms with Crippen LogP contribution >= 0.6 is 0 Å². The third-order valence-electron chi connectivity index (χ3n) is 4.47. The van der Waals surface area contributed by atoms with Crippen LogP contribution in [0, 0.1) is 12.8 Å². The number of aryl methyl sites for hydroxylation is 1. The van der Waals surface area contributed by atoms with Crippen LogP contribution in [0.5, 0.6) is 5.75 Å². The van der Waals surface area contributed by atoms with Crippen molar-refractivity contribution >= 4 is 16.0 Å². The minimum atomic E-state index is -3.55. The molecular formula is C17H25NO5S. The van der Waals surface area contributed by atoms with Crippen molar-refractivity contribution < 1.29 is 22.7 Å². The highest BCUT2D eigenvalue weighted by molar-refractivity contribution is 7.89. The van der Waals surface area contributed by atoms with Gasteiger partial charge in [0.25, 0.3) is 0 Å². The second-order valence-corrected chi connectivity index (χ2v) is 8.39.